The van der Waals surface area contributed by atoms with E-state index in [2.05, 4.69) is 30.0 Å². The fourth-order valence-corrected chi connectivity index (χ4v) is 2.04. The molecule has 20 heavy (non-hydrogen) atoms. The first kappa shape index (κ1) is 12.3. The number of fused-ring (bicyclic) bond motifs is 1. The molecule has 0 atom stereocenters. The van der Waals surface area contributed by atoms with Crippen molar-refractivity contribution in [3.63, 3.8) is 0 Å². The molecule has 0 amide bonds. The Hall–Kier alpha value is -2.69. The molecule has 0 fully saturated rings. The first-order valence-corrected chi connectivity index (χ1v) is 6.22. The molecule has 0 radical (unpaired) electrons. The minimum Gasteiger partial charge on any atom is -0.476 e. The summed E-state index contributed by atoms with van der Waals surface area (Å²) >= 11 is 0. The van der Waals surface area contributed by atoms with Gasteiger partial charge in [-0.1, -0.05) is 12.1 Å². The Kier molecular flexibility index (Phi) is 2.75. The van der Waals surface area contributed by atoms with Crippen LogP contribution in [0.25, 0.3) is 16.9 Å². The predicted molar refractivity (Wildman–Crippen MR) is 74.9 cm³/mol. The summed E-state index contributed by atoms with van der Waals surface area (Å²) in [6, 6.07) is 9.74. The zero-order valence-electron chi connectivity index (χ0n) is 11.2. The van der Waals surface area contributed by atoms with Crippen LogP contribution in [0.1, 0.15) is 21.6 Å². The van der Waals surface area contributed by atoms with Gasteiger partial charge in [-0.05, 0) is 43.2 Å². The fourth-order valence-electron chi connectivity index (χ4n) is 2.04. The third-order valence-corrected chi connectivity index (χ3v) is 3.34. The van der Waals surface area contributed by atoms with Crippen LogP contribution in [0, 0.1) is 13.8 Å². The first-order chi connectivity index (χ1) is 9.54. The van der Waals surface area contributed by atoms with Gasteiger partial charge in [-0.25, -0.2) is 14.3 Å². The molecule has 0 aliphatic heterocycles. The number of nitrogens with zero attached hydrogens (tertiary/aromatic N) is 3. The van der Waals surface area contributed by atoms with E-state index in [9.17, 15) is 4.79 Å². The molecule has 0 aliphatic carbocycles. The van der Waals surface area contributed by atoms with Gasteiger partial charge >= 0.3 is 5.97 Å². The predicted octanol–water partition coefficient (Wildman–Crippen LogP) is 2.71. The van der Waals surface area contributed by atoms with Gasteiger partial charge in [0.05, 0.1) is 11.9 Å². The van der Waals surface area contributed by atoms with Crippen molar-refractivity contribution in [2.24, 2.45) is 0 Å². The summed E-state index contributed by atoms with van der Waals surface area (Å²) in [4.78, 5) is 14.9. The van der Waals surface area contributed by atoms with E-state index in [0.717, 1.165) is 11.3 Å². The van der Waals surface area contributed by atoms with Crippen LogP contribution in [0.4, 0.5) is 0 Å². The van der Waals surface area contributed by atoms with Crippen LogP contribution in [0.15, 0.2) is 36.5 Å². The lowest BCUT2D eigenvalue weighted by atomic mass is 10.0. The van der Waals surface area contributed by atoms with Crippen molar-refractivity contribution in [3.8, 4) is 11.3 Å². The second kappa shape index (κ2) is 4.45. The van der Waals surface area contributed by atoms with Crippen LogP contribution in [0.5, 0.6) is 0 Å². The molecule has 2 aromatic heterocycles. The number of benzene rings is 1. The molecule has 1 N–H and O–H groups in total. The molecule has 0 aliphatic rings. The van der Waals surface area contributed by atoms with Crippen molar-refractivity contribution >= 4 is 11.6 Å². The summed E-state index contributed by atoms with van der Waals surface area (Å²) in [5.74, 6) is -1.05. The minimum atomic E-state index is -1.05. The molecular weight excluding hydrogens is 254 g/mol. The lowest BCUT2D eigenvalue weighted by Gasteiger charge is -2.05. The van der Waals surface area contributed by atoms with Crippen LogP contribution in [-0.2, 0) is 0 Å². The van der Waals surface area contributed by atoms with E-state index in [0.29, 0.717) is 5.65 Å². The molecule has 2 heterocycles. The molecule has 100 valence electrons. The summed E-state index contributed by atoms with van der Waals surface area (Å²) in [7, 11) is 0. The van der Waals surface area contributed by atoms with Gasteiger partial charge in [0.1, 0.15) is 0 Å². The lowest BCUT2D eigenvalue weighted by molar-refractivity contribution is 0.0691. The van der Waals surface area contributed by atoms with Gasteiger partial charge in [0.2, 0.25) is 0 Å². The molecule has 3 aromatic rings. The quantitative estimate of drug-likeness (QED) is 0.775. The number of carboxylic acid groups (broad SMARTS) is 1. The Morgan fingerprint density at radius 2 is 1.95 bits per heavy atom. The van der Waals surface area contributed by atoms with E-state index in [1.165, 1.54) is 21.8 Å². The Morgan fingerprint density at radius 3 is 2.65 bits per heavy atom. The highest BCUT2D eigenvalue weighted by Crippen LogP contribution is 2.20. The van der Waals surface area contributed by atoms with E-state index >= 15 is 0 Å². The molecule has 3 rings (SSSR count). The summed E-state index contributed by atoms with van der Waals surface area (Å²) in [6.07, 6.45) is 1.42. The molecule has 0 unspecified atom stereocenters. The summed E-state index contributed by atoms with van der Waals surface area (Å²) < 4.78 is 1.49. The number of aromatic carboxylic acids is 1. The van der Waals surface area contributed by atoms with Gasteiger partial charge < -0.3 is 5.11 Å². The average molecular weight is 267 g/mol. The SMILES string of the molecule is Cc1ccc(-c2ccc3nc(C(=O)O)cn3n2)cc1C. The van der Waals surface area contributed by atoms with Crippen LogP contribution in [0.2, 0.25) is 0 Å². The lowest BCUT2D eigenvalue weighted by Crippen LogP contribution is -1.95. The summed E-state index contributed by atoms with van der Waals surface area (Å²) in [5, 5.41) is 13.3. The molecule has 0 spiro atoms. The van der Waals surface area contributed by atoms with Crippen molar-refractivity contribution in [1.29, 1.82) is 0 Å². The van der Waals surface area contributed by atoms with Crippen LogP contribution < -0.4 is 0 Å². The van der Waals surface area contributed by atoms with Crippen molar-refractivity contribution in [1.82, 2.24) is 14.6 Å². The number of hydrogen-bond acceptors (Lipinski definition) is 3. The van der Waals surface area contributed by atoms with Gasteiger partial charge in [-0.3, -0.25) is 0 Å². The average Bonchev–Trinajstić information content (AvgIpc) is 2.85. The van der Waals surface area contributed by atoms with Crippen LogP contribution >= 0.6 is 0 Å². The van der Waals surface area contributed by atoms with Gasteiger partial charge in [0, 0.05) is 5.56 Å². The number of aromatic nitrogens is 3. The van der Waals surface area contributed by atoms with Gasteiger partial charge in [0.15, 0.2) is 11.3 Å². The van der Waals surface area contributed by atoms with E-state index in [1.54, 1.807) is 6.07 Å². The highest BCUT2D eigenvalue weighted by atomic mass is 16.4. The third kappa shape index (κ3) is 2.03. The van der Waals surface area contributed by atoms with E-state index < -0.39 is 5.97 Å². The monoisotopic (exact) mass is 267 g/mol. The smallest absolute Gasteiger partial charge is 0.356 e. The number of carboxylic acids is 1. The largest absolute Gasteiger partial charge is 0.476 e. The van der Waals surface area contributed by atoms with E-state index in [4.69, 9.17) is 5.11 Å². The van der Waals surface area contributed by atoms with Crippen LogP contribution in [-0.4, -0.2) is 25.7 Å². The standard InChI is InChI=1S/C15H13N3O2/c1-9-3-4-11(7-10(9)2)12-5-6-14-16-13(15(19)20)8-18(14)17-12/h3-8H,1-2H3,(H,19,20). The highest BCUT2D eigenvalue weighted by Gasteiger charge is 2.10. The fraction of sp³-hybridized carbons (Fsp3) is 0.133. The van der Waals surface area contributed by atoms with Gasteiger partial charge in [-0.15, -0.1) is 0 Å². The van der Waals surface area contributed by atoms with Crippen molar-refractivity contribution in [2.75, 3.05) is 0 Å². The zero-order valence-corrected chi connectivity index (χ0v) is 11.2. The number of imidazole rings is 1. The number of aryl methyl sites for hydroxylation is 2. The zero-order chi connectivity index (χ0) is 14.3. The maximum atomic E-state index is 10.9. The Morgan fingerprint density at radius 1 is 1.15 bits per heavy atom. The topological polar surface area (TPSA) is 67.5 Å². The van der Waals surface area contributed by atoms with Crippen molar-refractivity contribution < 1.29 is 9.90 Å². The minimum absolute atomic E-state index is 0.00487. The molecule has 0 saturated carbocycles. The first-order valence-electron chi connectivity index (χ1n) is 6.22. The Balaban J connectivity index is 2.12. The third-order valence-electron chi connectivity index (χ3n) is 3.34. The maximum absolute atomic E-state index is 10.9. The van der Waals surface area contributed by atoms with E-state index in [-0.39, 0.29) is 5.69 Å². The van der Waals surface area contributed by atoms with Crippen molar-refractivity contribution in [2.45, 2.75) is 13.8 Å². The van der Waals surface area contributed by atoms with Gasteiger partial charge in [0.25, 0.3) is 0 Å². The molecule has 0 saturated heterocycles. The molecule has 1 aromatic carbocycles. The normalized spacial score (nSPS) is 10.9. The maximum Gasteiger partial charge on any atom is 0.356 e. The van der Waals surface area contributed by atoms with Gasteiger partial charge in [-0.2, -0.15) is 5.10 Å². The van der Waals surface area contributed by atoms with Crippen LogP contribution in [0.3, 0.4) is 0 Å². The highest BCUT2D eigenvalue weighted by molar-refractivity contribution is 5.86. The number of hydrogen-bond donors (Lipinski definition) is 1. The van der Waals surface area contributed by atoms with E-state index in [1.807, 2.05) is 18.2 Å². The molecule has 0 bridgehead atoms. The number of carbonyl (C=O) groups is 1. The molecular formula is C15H13N3O2. The second-order valence-corrected chi connectivity index (χ2v) is 4.75. The number of rotatable bonds is 2. The second-order valence-electron chi connectivity index (χ2n) is 4.75. The summed E-state index contributed by atoms with van der Waals surface area (Å²) in [5.41, 5.74) is 4.73. The summed E-state index contributed by atoms with van der Waals surface area (Å²) in [6.45, 7) is 4.11. The molecule has 5 heteroatoms. The molecule has 5 nitrogen and oxygen atoms in total. The van der Waals surface area contributed by atoms with Crippen molar-refractivity contribution in [3.05, 3.63) is 53.3 Å². The Bertz CT molecular complexity index is 821. The Labute approximate surface area is 115 Å².